The summed E-state index contributed by atoms with van der Waals surface area (Å²) in [5.41, 5.74) is 1.73. The number of carbonyl (C=O) groups is 2. The van der Waals surface area contributed by atoms with E-state index in [9.17, 15) is 14.7 Å². The van der Waals surface area contributed by atoms with Gasteiger partial charge in [0.15, 0.2) is 11.6 Å². The van der Waals surface area contributed by atoms with Gasteiger partial charge in [0.25, 0.3) is 0 Å². The third kappa shape index (κ3) is 4.42. The van der Waals surface area contributed by atoms with Crippen LogP contribution in [0.5, 0.6) is 0 Å². The molecule has 2 aliphatic carbocycles. The molecule has 1 heterocycles. The second kappa shape index (κ2) is 7.30. The minimum atomic E-state index is -0.317. The maximum Gasteiger partial charge on any atom is 0.168 e. The van der Waals surface area contributed by atoms with Crippen molar-refractivity contribution < 1.29 is 19.2 Å². The molecule has 1 aromatic heterocycles. The zero-order valence-electron chi connectivity index (χ0n) is 17.5. The maximum atomic E-state index is 12.5. The van der Waals surface area contributed by atoms with E-state index in [2.05, 4.69) is 10.1 Å². The van der Waals surface area contributed by atoms with E-state index in [4.69, 9.17) is 4.52 Å². The molecular weight excluding hydrogens is 356 g/mol. The van der Waals surface area contributed by atoms with Crippen LogP contribution in [0.2, 0.25) is 0 Å². The molecule has 2 aliphatic rings. The van der Waals surface area contributed by atoms with E-state index in [1.165, 1.54) is 0 Å². The van der Waals surface area contributed by atoms with Crippen molar-refractivity contribution in [3.63, 3.8) is 0 Å². The van der Waals surface area contributed by atoms with E-state index in [1.54, 1.807) is 0 Å². The van der Waals surface area contributed by atoms with Crippen LogP contribution >= 0.6 is 0 Å². The van der Waals surface area contributed by atoms with Crippen molar-refractivity contribution in [2.45, 2.75) is 85.1 Å². The van der Waals surface area contributed by atoms with Crippen LogP contribution in [-0.2, 0) is 17.6 Å². The van der Waals surface area contributed by atoms with Crippen LogP contribution in [0.3, 0.4) is 0 Å². The molecule has 1 saturated carbocycles. The minimum absolute atomic E-state index is 0.0352. The predicted octanol–water partition coefficient (Wildman–Crippen LogP) is 4.57. The first-order valence-corrected chi connectivity index (χ1v) is 10.0. The van der Waals surface area contributed by atoms with Crippen LogP contribution in [0.4, 0.5) is 0 Å². The predicted molar refractivity (Wildman–Crippen MR) is 107 cm³/mol. The number of Topliss-reactive ketones (excluding diaryl/α,β-unsaturated/α-hetero) is 2. The smallest absolute Gasteiger partial charge is 0.168 e. The number of aliphatic imine (C=N–C) groups is 1. The highest BCUT2D eigenvalue weighted by molar-refractivity contribution is 6.24. The number of hydrogen-bond donors (Lipinski definition) is 1. The van der Waals surface area contributed by atoms with E-state index in [0.29, 0.717) is 60.4 Å². The van der Waals surface area contributed by atoms with Gasteiger partial charge in [0, 0.05) is 37.8 Å². The number of allylic oxidation sites excluding steroid dienone is 2. The fourth-order valence-corrected chi connectivity index (χ4v) is 4.02. The largest absolute Gasteiger partial charge is 0.511 e. The summed E-state index contributed by atoms with van der Waals surface area (Å²) in [4.78, 5) is 29.7. The Bertz CT molecular complexity index is 866. The van der Waals surface area contributed by atoms with Crippen LogP contribution in [0.15, 0.2) is 20.8 Å². The first-order valence-electron chi connectivity index (χ1n) is 10.0. The highest BCUT2D eigenvalue weighted by atomic mass is 16.5. The fraction of sp³-hybridized carbons (Fsp3) is 0.636. The molecule has 1 fully saturated rings. The van der Waals surface area contributed by atoms with Crippen LogP contribution in [0.25, 0.3) is 0 Å². The van der Waals surface area contributed by atoms with Gasteiger partial charge in [-0.05, 0) is 39.0 Å². The van der Waals surface area contributed by atoms with Gasteiger partial charge in [0.05, 0.1) is 22.4 Å². The molecule has 0 atom stereocenters. The molecule has 1 aromatic rings. The topological polar surface area (TPSA) is 92.8 Å². The lowest BCUT2D eigenvalue weighted by Gasteiger charge is -2.26. The van der Waals surface area contributed by atoms with Gasteiger partial charge in [0.2, 0.25) is 0 Å². The number of nitrogens with zero attached hydrogens (tertiary/aromatic N) is 2. The zero-order valence-corrected chi connectivity index (χ0v) is 17.5. The molecule has 0 bridgehead atoms. The third-order valence-corrected chi connectivity index (χ3v) is 5.13. The van der Waals surface area contributed by atoms with E-state index < -0.39 is 0 Å². The van der Waals surface area contributed by atoms with Crippen molar-refractivity contribution in [3.8, 4) is 0 Å². The van der Waals surface area contributed by atoms with Crippen LogP contribution in [0, 0.1) is 5.41 Å². The maximum absolute atomic E-state index is 12.5. The molecule has 0 spiro atoms. The number of fused-ring (bicyclic) bond motifs is 1. The minimum Gasteiger partial charge on any atom is -0.511 e. The first-order chi connectivity index (χ1) is 13.0. The number of rotatable bonds is 3. The van der Waals surface area contributed by atoms with Crippen molar-refractivity contribution in [1.82, 2.24) is 5.16 Å². The van der Waals surface area contributed by atoms with Gasteiger partial charge >= 0.3 is 0 Å². The highest BCUT2D eigenvalue weighted by Crippen LogP contribution is 2.36. The molecule has 152 valence electrons. The average Bonchev–Trinajstić information content (AvgIpc) is 2.93. The number of aryl methyl sites for hydroxylation is 1. The first kappa shape index (κ1) is 20.5. The van der Waals surface area contributed by atoms with E-state index in [1.807, 2.05) is 34.6 Å². The average molecular weight is 386 g/mol. The van der Waals surface area contributed by atoms with E-state index in [0.717, 1.165) is 6.42 Å². The number of aromatic nitrogens is 1. The monoisotopic (exact) mass is 386 g/mol. The van der Waals surface area contributed by atoms with Crippen molar-refractivity contribution in [1.29, 1.82) is 0 Å². The summed E-state index contributed by atoms with van der Waals surface area (Å²) in [6.45, 7) is 10.0. The van der Waals surface area contributed by atoms with Gasteiger partial charge in [-0.1, -0.05) is 19.0 Å². The summed E-state index contributed by atoms with van der Waals surface area (Å²) in [6.07, 6.45) is 3.60. The molecule has 1 N–H and O–H groups in total. The number of carbonyl (C=O) groups excluding carboxylic acids is 2. The zero-order chi connectivity index (χ0) is 20.7. The second-order valence-corrected chi connectivity index (χ2v) is 9.70. The van der Waals surface area contributed by atoms with Crippen molar-refractivity contribution in [2.24, 2.45) is 10.4 Å². The molecule has 3 rings (SSSR count). The Morgan fingerprint density at radius 2 is 1.89 bits per heavy atom. The number of aliphatic hydroxyl groups excluding tert-OH is 1. The molecule has 0 saturated heterocycles. The Morgan fingerprint density at radius 3 is 2.57 bits per heavy atom. The van der Waals surface area contributed by atoms with Gasteiger partial charge in [-0.3, -0.25) is 14.6 Å². The lowest BCUT2D eigenvalue weighted by atomic mass is 9.76. The molecule has 0 unspecified atom stereocenters. The Morgan fingerprint density at radius 1 is 1.18 bits per heavy atom. The van der Waals surface area contributed by atoms with Gasteiger partial charge in [-0.2, -0.15) is 0 Å². The molecule has 6 heteroatoms. The molecule has 6 nitrogen and oxygen atoms in total. The lowest BCUT2D eigenvalue weighted by molar-refractivity contribution is -0.115. The van der Waals surface area contributed by atoms with Crippen LogP contribution in [-0.4, -0.2) is 33.1 Å². The SMILES string of the molecule is CC1(C)CC(=O)c2c(CC/C(O)=C3\C(=O)CCCC3=NC(C)(C)C)noc2C1. The van der Waals surface area contributed by atoms with Gasteiger partial charge in [-0.25, -0.2) is 0 Å². The lowest BCUT2D eigenvalue weighted by Crippen LogP contribution is -2.26. The number of ketones is 2. The molecule has 0 aromatic carbocycles. The highest BCUT2D eigenvalue weighted by Gasteiger charge is 2.36. The third-order valence-electron chi connectivity index (χ3n) is 5.13. The quantitative estimate of drug-likeness (QED) is 0.607. The van der Waals surface area contributed by atoms with Gasteiger partial charge < -0.3 is 9.63 Å². The van der Waals surface area contributed by atoms with Crippen molar-refractivity contribution in [3.05, 3.63) is 28.3 Å². The van der Waals surface area contributed by atoms with Crippen LogP contribution in [0.1, 0.15) is 88.5 Å². The summed E-state index contributed by atoms with van der Waals surface area (Å²) >= 11 is 0. The summed E-state index contributed by atoms with van der Waals surface area (Å²) < 4.78 is 5.42. The molecule has 0 radical (unpaired) electrons. The van der Waals surface area contributed by atoms with E-state index >= 15 is 0 Å². The fourth-order valence-electron chi connectivity index (χ4n) is 4.02. The normalized spacial score (nSPS) is 23.1. The number of aliphatic hydroxyl groups is 1. The van der Waals surface area contributed by atoms with Gasteiger partial charge in [-0.15, -0.1) is 0 Å². The van der Waals surface area contributed by atoms with Crippen molar-refractivity contribution >= 4 is 17.3 Å². The standard InChI is InChI=1S/C22H30N2O4/c1-21(2,3)23-13-7-6-8-15(25)19(13)16(26)10-9-14-20-17(27)11-22(4,5)12-18(20)28-24-14/h26H,6-12H2,1-5H3/b19-16+,23-13?. The number of hydrogen-bond acceptors (Lipinski definition) is 6. The summed E-state index contributed by atoms with van der Waals surface area (Å²) in [5.74, 6) is 0.644. The second-order valence-electron chi connectivity index (χ2n) is 9.70. The summed E-state index contributed by atoms with van der Waals surface area (Å²) in [6, 6.07) is 0. The Balaban J connectivity index is 1.84. The molecule has 0 amide bonds. The molecular formula is C22H30N2O4. The van der Waals surface area contributed by atoms with Gasteiger partial charge in [0.1, 0.15) is 11.5 Å². The van der Waals surface area contributed by atoms with Crippen molar-refractivity contribution in [2.75, 3.05) is 0 Å². The Hall–Kier alpha value is -2.24. The Kier molecular flexibility index (Phi) is 5.34. The Labute approximate surface area is 166 Å². The molecule has 28 heavy (non-hydrogen) atoms. The summed E-state index contributed by atoms with van der Waals surface area (Å²) in [5, 5.41) is 14.8. The summed E-state index contributed by atoms with van der Waals surface area (Å²) in [7, 11) is 0. The molecule has 0 aliphatic heterocycles. The van der Waals surface area contributed by atoms with Crippen LogP contribution < -0.4 is 0 Å². The van der Waals surface area contributed by atoms with E-state index in [-0.39, 0.29) is 34.7 Å².